The summed E-state index contributed by atoms with van der Waals surface area (Å²) in [6.45, 7) is 5.01. The van der Waals surface area contributed by atoms with E-state index in [1.807, 2.05) is 49.1 Å². The predicted molar refractivity (Wildman–Crippen MR) is 105 cm³/mol. The fraction of sp³-hybridized carbons (Fsp3) is 0.318. The Morgan fingerprint density at radius 2 is 1.78 bits per heavy atom. The van der Waals surface area contributed by atoms with Gasteiger partial charge in [0, 0.05) is 25.1 Å². The van der Waals surface area contributed by atoms with Crippen LogP contribution in [0.4, 0.5) is 0 Å². The van der Waals surface area contributed by atoms with Crippen LogP contribution in [-0.4, -0.2) is 29.8 Å². The van der Waals surface area contributed by atoms with Crippen LogP contribution in [0.15, 0.2) is 54.6 Å². The van der Waals surface area contributed by atoms with Crippen molar-refractivity contribution in [3.8, 4) is 6.07 Å². The van der Waals surface area contributed by atoms with Crippen molar-refractivity contribution in [2.75, 3.05) is 13.1 Å². The summed E-state index contributed by atoms with van der Waals surface area (Å²) in [5.41, 5.74) is 2.23. The summed E-state index contributed by atoms with van der Waals surface area (Å²) in [7, 11) is 0. The van der Waals surface area contributed by atoms with Crippen LogP contribution in [0.1, 0.15) is 54.2 Å². The van der Waals surface area contributed by atoms with E-state index in [2.05, 4.69) is 11.4 Å². The maximum Gasteiger partial charge on any atom is 0.251 e. The second-order valence-electron chi connectivity index (χ2n) is 6.32. The van der Waals surface area contributed by atoms with E-state index >= 15 is 0 Å². The second kappa shape index (κ2) is 10.1. The second-order valence-corrected chi connectivity index (χ2v) is 6.32. The molecule has 2 amide bonds. The summed E-state index contributed by atoms with van der Waals surface area (Å²) >= 11 is 0. The average Bonchev–Trinajstić information content (AvgIpc) is 2.72. The third kappa shape index (κ3) is 5.68. The van der Waals surface area contributed by atoms with E-state index in [0.29, 0.717) is 37.1 Å². The van der Waals surface area contributed by atoms with Crippen molar-refractivity contribution in [3.63, 3.8) is 0 Å². The Kier molecular flexibility index (Phi) is 7.57. The lowest BCUT2D eigenvalue weighted by molar-refractivity contribution is -0.133. The van der Waals surface area contributed by atoms with Gasteiger partial charge < -0.3 is 10.2 Å². The largest absolute Gasteiger partial charge is 0.352 e. The first-order valence-corrected chi connectivity index (χ1v) is 9.19. The molecule has 0 aliphatic rings. The third-order valence-corrected chi connectivity index (χ3v) is 4.54. The Balaban J connectivity index is 1.83. The van der Waals surface area contributed by atoms with Gasteiger partial charge in [0.15, 0.2) is 0 Å². The first-order valence-electron chi connectivity index (χ1n) is 9.19. The smallest absolute Gasteiger partial charge is 0.251 e. The van der Waals surface area contributed by atoms with E-state index in [9.17, 15) is 9.59 Å². The monoisotopic (exact) mass is 363 g/mol. The van der Waals surface area contributed by atoms with Crippen LogP contribution in [-0.2, 0) is 4.79 Å². The van der Waals surface area contributed by atoms with Gasteiger partial charge in [-0.3, -0.25) is 9.59 Å². The summed E-state index contributed by atoms with van der Waals surface area (Å²) in [5, 5.41) is 11.7. The van der Waals surface area contributed by atoms with Crippen LogP contribution >= 0.6 is 0 Å². The van der Waals surface area contributed by atoms with Crippen LogP contribution < -0.4 is 5.32 Å². The van der Waals surface area contributed by atoms with Crippen molar-refractivity contribution < 1.29 is 9.59 Å². The van der Waals surface area contributed by atoms with Crippen molar-refractivity contribution in [1.82, 2.24) is 10.2 Å². The lowest BCUT2D eigenvalue weighted by atomic mass is 10.0. The number of carbonyl (C=O) groups excluding carboxylic acids is 2. The Hall–Kier alpha value is -3.13. The summed E-state index contributed by atoms with van der Waals surface area (Å²) in [5.74, 6) is -0.0651. The number of carbonyl (C=O) groups is 2. The Bertz CT molecular complexity index is 795. The number of amides is 2. The van der Waals surface area contributed by atoms with E-state index < -0.39 is 0 Å². The zero-order valence-electron chi connectivity index (χ0n) is 15.8. The van der Waals surface area contributed by atoms with Crippen LogP contribution in [0.5, 0.6) is 0 Å². The van der Waals surface area contributed by atoms with Crippen LogP contribution in [0, 0.1) is 11.3 Å². The molecule has 27 heavy (non-hydrogen) atoms. The highest BCUT2D eigenvalue weighted by atomic mass is 16.2. The molecule has 0 radical (unpaired) electrons. The number of nitriles is 1. The van der Waals surface area contributed by atoms with Gasteiger partial charge in [-0.25, -0.2) is 0 Å². The summed E-state index contributed by atoms with van der Waals surface area (Å²) in [6, 6.07) is 18.4. The minimum absolute atomic E-state index is 0.0586. The lowest BCUT2D eigenvalue weighted by Gasteiger charge is -2.28. The topological polar surface area (TPSA) is 73.2 Å². The standard InChI is InChI=1S/C22H25N3O2/c1-3-25(17(2)19-13-11-18(16-23)12-14-19)21(26)10-7-15-24-22(27)20-8-5-4-6-9-20/h4-6,8-9,11-14,17H,3,7,10,15H2,1-2H3,(H,24,27). The number of nitrogens with zero attached hydrogens (tertiary/aromatic N) is 2. The minimum Gasteiger partial charge on any atom is -0.352 e. The third-order valence-electron chi connectivity index (χ3n) is 4.54. The fourth-order valence-corrected chi connectivity index (χ4v) is 2.96. The predicted octanol–water partition coefficient (Wildman–Crippen LogP) is 3.68. The van der Waals surface area contributed by atoms with E-state index in [0.717, 1.165) is 5.56 Å². The highest BCUT2D eigenvalue weighted by molar-refractivity contribution is 5.94. The number of hydrogen-bond donors (Lipinski definition) is 1. The number of nitrogens with one attached hydrogen (secondary N) is 1. The molecular formula is C22H25N3O2. The first kappa shape index (κ1) is 20.2. The average molecular weight is 363 g/mol. The van der Waals surface area contributed by atoms with Gasteiger partial charge in [0.05, 0.1) is 17.7 Å². The van der Waals surface area contributed by atoms with Gasteiger partial charge in [0.1, 0.15) is 0 Å². The van der Waals surface area contributed by atoms with Crippen molar-refractivity contribution >= 4 is 11.8 Å². The van der Waals surface area contributed by atoms with Crippen molar-refractivity contribution in [2.24, 2.45) is 0 Å². The van der Waals surface area contributed by atoms with Crippen molar-refractivity contribution in [1.29, 1.82) is 5.26 Å². The van der Waals surface area contributed by atoms with E-state index in [4.69, 9.17) is 5.26 Å². The van der Waals surface area contributed by atoms with Gasteiger partial charge in [-0.2, -0.15) is 5.26 Å². The van der Waals surface area contributed by atoms with E-state index in [1.54, 1.807) is 24.3 Å². The zero-order valence-corrected chi connectivity index (χ0v) is 15.8. The summed E-state index contributed by atoms with van der Waals surface area (Å²) in [6.07, 6.45) is 0.970. The molecule has 5 heteroatoms. The van der Waals surface area contributed by atoms with Gasteiger partial charge in [0.2, 0.25) is 5.91 Å². The van der Waals surface area contributed by atoms with Gasteiger partial charge in [-0.15, -0.1) is 0 Å². The summed E-state index contributed by atoms with van der Waals surface area (Å²) in [4.78, 5) is 26.4. The molecule has 140 valence electrons. The van der Waals surface area contributed by atoms with Crippen molar-refractivity contribution in [3.05, 3.63) is 71.3 Å². The Morgan fingerprint density at radius 1 is 1.11 bits per heavy atom. The van der Waals surface area contributed by atoms with E-state index in [1.165, 1.54) is 0 Å². The van der Waals surface area contributed by atoms with Crippen LogP contribution in [0.25, 0.3) is 0 Å². The molecule has 5 nitrogen and oxygen atoms in total. The van der Waals surface area contributed by atoms with Crippen LogP contribution in [0.3, 0.4) is 0 Å². The molecule has 0 saturated heterocycles. The summed E-state index contributed by atoms with van der Waals surface area (Å²) < 4.78 is 0. The Morgan fingerprint density at radius 3 is 2.37 bits per heavy atom. The molecule has 2 aromatic carbocycles. The highest BCUT2D eigenvalue weighted by Gasteiger charge is 2.19. The molecule has 0 bridgehead atoms. The molecule has 0 heterocycles. The normalized spacial score (nSPS) is 11.3. The zero-order chi connectivity index (χ0) is 19.6. The fourth-order valence-electron chi connectivity index (χ4n) is 2.96. The lowest BCUT2D eigenvalue weighted by Crippen LogP contribution is -2.34. The molecular weight excluding hydrogens is 338 g/mol. The molecule has 0 spiro atoms. The molecule has 0 aliphatic heterocycles. The van der Waals surface area contributed by atoms with Gasteiger partial charge in [0.25, 0.3) is 5.91 Å². The quantitative estimate of drug-likeness (QED) is 0.727. The molecule has 1 N–H and O–H groups in total. The number of benzene rings is 2. The van der Waals surface area contributed by atoms with Gasteiger partial charge in [-0.05, 0) is 50.1 Å². The molecule has 0 aromatic heterocycles. The van der Waals surface area contributed by atoms with E-state index in [-0.39, 0.29) is 17.9 Å². The molecule has 2 rings (SSSR count). The first-order chi connectivity index (χ1) is 13.1. The maximum absolute atomic E-state index is 12.6. The molecule has 0 saturated carbocycles. The molecule has 0 fully saturated rings. The van der Waals surface area contributed by atoms with Crippen LogP contribution in [0.2, 0.25) is 0 Å². The van der Waals surface area contributed by atoms with Crippen molar-refractivity contribution in [2.45, 2.75) is 32.7 Å². The highest BCUT2D eigenvalue weighted by Crippen LogP contribution is 2.21. The number of hydrogen-bond acceptors (Lipinski definition) is 3. The molecule has 1 unspecified atom stereocenters. The van der Waals surface area contributed by atoms with Gasteiger partial charge in [-0.1, -0.05) is 30.3 Å². The number of rotatable bonds is 8. The Labute approximate surface area is 160 Å². The molecule has 0 aliphatic carbocycles. The molecule has 2 aromatic rings. The SMILES string of the molecule is CCN(C(=O)CCCNC(=O)c1ccccc1)C(C)c1ccc(C#N)cc1. The van der Waals surface area contributed by atoms with Gasteiger partial charge >= 0.3 is 0 Å². The molecule has 1 atom stereocenters. The minimum atomic E-state index is -0.124. The maximum atomic E-state index is 12.6.